The molecule has 0 saturated carbocycles. The number of rotatable bonds is 5. The Morgan fingerprint density at radius 1 is 1.43 bits per heavy atom. The van der Waals surface area contributed by atoms with Gasteiger partial charge in [0.1, 0.15) is 0 Å². The van der Waals surface area contributed by atoms with Crippen LogP contribution in [0.1, 0.15) is 47.0 Å². The van der Waals surface area contributed by atoms with Gasteiger partial charge in [0.15, 0.2) is 0 Å². The molecule has 0 aromatic heterocycles. The van der Waals surface area contributed by atoms with Crippen LogP contribution in [-0.2, 0) is 4.79 Å². The number of aliphatic carboxylic acids is 1. The molecule has 0 aliphatic heterocycles. The van der Waals surface area contributed by atoms with Gasteiger partial charge in [0.25, 0.3) is 0 Å². The van der Waals surface area contributed by atoms with Crippen molar-refractivity contribution >= 4 is 5.97 Å². The second-order valence-corrected chi connectivity index (χ2v) is 4.94. The van der Waals surface area contributed by atoms with Crippen molar-refractivity contribution in [2.24, 2.45) is 11.3 Å². The lowest BCUT2D eigenvalue weighted by Gasteiger charge is -2.11. The van der Waals surface area contributed by atoms with Crippen molar-refractivity contribution in [2.75, 3.05) is 0 Å². The van der Waals surface area contributed by atoms with Gasteiger partial charge in [-0.05, 0) is 24.7 Å². The summed E-state index contributed by atoms with van der Waals surface area (Å²) < 4.78 is 0. The Labute approximate surface area is 87.0 Å². The molecule has 0 rings (SSSR count). The van der Waals surface area contributed by atoms with Crippen LogP contribution in [0, 0.1) is 11.3 Å². The SMILES string of the molecule is CC(CCCC=CC(C)(C)C)C(=O)O. The van der Waals surface area contributed by atoms with Crippen LogP contribution in [-0.4, -0.2) is 11.1 Å². The number of hydrogen-bond donors (Lipinski definition) is 1. The molecule has 0 aromatic rings. The highest BCUT2D eigenvalue weighted by atomic mass is 16.4. The summed E-state index contributed by atoms with van der Waals surface area (Å²) in [6.45, 7) is 8.23. The highest BCUT2D eigenvalue weighted by molar-refractivity contribution is 5.69. The fourth-order valence-corrected chi connectivity index (χ4v) is 1.10. The van der Waals surface area contributed by atoms with Gasteiger partial charge >= 0.3 is 5.97 Å². The Kier molecular flexibility index (Phi) is 5.51. The highest BCUT2D eigenvalue weighted by Gasteiger charge is 2.09. The highest BCUT2D eigenvalue weighted by Crippen LogP contribution is 2.16. The van der Waals surface area contributed by atoms with Gasteiger partial charge < -0.3 is 5.11 Å². The zero-order valence-corrected chi connectivity index (χ0v) is 9.71. The van der Waals surface area contributed by atoms with Crippen LogP contribution in [0.25, 0.3) is 0 Å². The van der Waals surface area contributed by atoms with Crippen LogP contribution in [0.5, 0.6) is 0 Å². The first-order chi connectivity index (χ1) is 6.33. The molecule has 14 heavy (non-hydrogen) atoms. The zero-order chi connectivity index (χ0) is 11.2. The van der Waals surface area contributed by atoms with Gasteiger partial charge in [-0.2, -0.15) is 0 Å². The Bertz CT molecular complexity index is 199. The Hall–Kier alpha value is -0.790. The molecular weight excluding hydrogens is 176 g/mol. The normalized spacial score (nSPS) is 14.6. The molecule has 0 heterocycles. The van der Waals surface area contributed by atoms with E-state index in [-0.39, 0.29) is 11.3 Å². The lowest BCUT2D eigenvalue weighted by Crippen LogP contribution is -2.08. The first kappa shape index (κ1) is 13.2. The summed E-state index contributed by atoms with van der Waals surface area (Å²) in [5.41, 5.74) is 0.235. The van der Waals surface area contributed by atoms with Crippen molar-refractivity contribution in [3.8, 4) is 0 Å². The topological polar surface area (TPSA) is 37.3 Å². The van der Waals surface area contributed by atoms with Gasteiger partial charge in [-0.1, -0.05) is 39.8 Å². The number of unbranched alkanes of at least 4 members (excludes halogenated alkanes) is 1. The summed E-state index contributed by atoms with van der Waals surface area (Å²) in [5, 5.41) is 8.65. The van der Waals surface area contributed by atoms with E-state index in [9.17, 15) is 4.79 Å². The molecule has 82 valence electrons. The number of carbonyl (C=O) groups is 1. The molecule has 0 bridgehead atoms. The monoisotopic (exact) mass is 198 g/mol. The van der Waals surface area contributed by atoms with E-state index in [0.717, 1.165) is 19.3 Å². The molecule has 2 nitrogen and oxygen atoms in total. The molecule has 0 aliphatic carbocycles. The van der Waals surface area contributed by atoms with E-state index in [1.807, 2.05) is 0 Å². The molecule has 1 N–H and O–H groups in total. The Balaban J connectivity index is 3.57. The summed E-state index contributed by atoms with van der Waals surface area (Å²) in [6, 6.07) is 0. The lowest BCUT2D eigenvalue weighted by molar-refractivity contribution is -0.141. The van der Waals surface area contributed by atoms with E-state index in [1.165, 1.54) is 0 Å². The minimum atomic E-state index is -0.690. The second-order valence-electron chi connectivity index (χ2n) is 4.94. The van der Waals surface area contributed by atoms with Crippen molar-refractivity contribution < 1.29 is 9.90 Å². The smallest absolute Gasteiger partial charge is 0.306 e. The molecule has 0 fully saturated rings. The van der Waals surface area contributed by atoms with E-state index in [1.54, 1.807) is 6.92 Å². The summed E-state index contributed by atoms with van der Waals surface area (Å²) in [4.78, 5) is 10.5. The van der Waals surface area contributed by atoms with Crippen molar-refractivity contribution in [2.45, 2.75) is 47.0 Å². The minimum absolute atomic E-state index is 0.210. The van der Waals surface area contributed by atoms with Crippen LogP contribution in [0.2, 0.25) is 0 Å². The fourth-order valence-electron chi connectivity index (χ4n) is 1.10. The van der Waals surface area contributed by atoms with E-state index >= 15 is 0 Å². The maximum atomic E-state index is 10.5. The average molecular weight is 198 g/mol. The maximum absolute atomic E-state index is 10.5. The molecule has 0 radical (unpaired) electrons. The molecule has 0 spiro atoms. The largest absolute Gasteiger partial charge is 0.481 e. The molecule has 0 aliphatic rings. The van der Waals surface area contributed by atoms with Crippen molar-refractivity contribution in [1.29, 1.82) is 0 Å². The maximum Gasteiger partial charge on any atom is 0.306 e. The van der Waals surface area contributed by atoms with Crippen LogP contribution in [0.3, 0.4) is 0 Å². The van der Waals surface area contributed by atoms with Crippen molar-refractivity contribution in [3.63, 3.8) is 0 Å². The first-order valence-corrected chi connectivity index (χ1v) is 5.23. The van der Waals surface area contributed by atoms with Crippen LogP contribution in [0.4, 0.5) is 0 Å². The third-order valence-electron chi connectivity index (χ3n) is 2.05. The number of hydrogen-bond acceptors (Lipinski definition) is 1. The van der Waals surface area contributed by atoms with E-state index < -0.39 is 5.97 Å². The van der Waals surface area contributed by atoms with Crippen LogP contribution in [0.15, 0.2) is 12.2 Å². The summed E-state index contributed by atoms with van der Waals surface area (Å²) in [6.07, 6.45) is 7.03. The van der Waals surface area contributed by atoms with E-state index in [4.69, 9.17) is 5.11 Å². The summed E-state index contributed by atoms with van der Waals surface area (Å²) in [7, 11) is 0. The summed E-state index contributed by atoms with van der Waals surface area (Å²) >= 11 is 0. The van der Waals surface area contributed by atoms with Crippen LogP contribution < -0.4 is 0 Å². The van der Waals surface area contributed by atoms with E-state index in [0.29, 0.717) is 0 Å². The average Bonchev–Trinajstić information content (AvgIpc) is 2.01. The van der Waals surface area contributed by atoms with Gasteiger partial charge in [-0.15, -0.1) is 0 Å². The summed E-state index contributed by atoms with van der Waals surface area (Å²) in [5.74, 6) is -0.900. The predicted molar refractivity (Wildman–Crippen MR) is 59.2 cm³/mol. The molecular formula is C12H22O2. The fraction of sp³-hybridized carbons (Fsp3) is 0.750. The van der Waals surface area contributed by atoms with Crippen molar-refractivity contribution in [3.05, 3.63) is 12.2 Å². The molecule has 2 heteroatoms. The predicted octanol–water partition coefficient (Wildman–Crippen LogP) is 3.48. The minimum Gasteiger partial charge on any atom is -0.481 e. The van der Waals surface area contributed by atoms with Gasteiger partial charge in [0, 0.05) is 0 Å². The molecule has 0 saturated heterocycles. The molecule has 0 amide bonds. The third-order valence-corrected chi connectivity index (χ3v) is 2.05. The number of allylic oxidation sites excluding steroid dienone is 2. The Morgan fingerprint density at radius 2 is 2.00 bits per heavy atom. The Morgan fingerprint density at radius 3 is 2.43 bits per heavy atom. The van der Waals surface area contributed by atoms with E-state index in [2.05, 4.69) is 32.9 Å². The molecule has 1 atom stereocenters. The molecule has 0 aromatic carbocycles. The zero-order valence-electron chi connectivity index (χ0n) is 9.71. The van der Waals surface area contributed by atoms with Crippen LogP contribution >= 0.6 is 0 Å². The molecule has 1 unspecified atom stereocenters. The lowest BCUT2D eigenvalue weighted by atomic mass is 9.95. The standard InChI is InChI=1S/C12H22O2/c1-10(11(13)14)8-6-5-7-9-12(2,3)4/h7,9-10H,5-6,8H2,1-4H3,(H,13,14). The van der Waals surface area contributed by atoms with Gasteiger partial charge in [0.2, 0.25) is 0 Å². The van der Waals surface area contributed by atoms with Gasteiger partial charge in [-0.3, -0.25) is 4.79 Å². The van der Waals surface area contributed by atoms with Crippen molar-refractivity contribution in [1.82, 2.24) is 0 Å². The quantitative estimate of drug-likeness (QED) is 0.542. The third kappa shape index (κ3) is 7.84. The second kappa shape index (κ2) is 5.84. The van der Waals surface area contributed by atoms with Gasteiger partial charge in [-0.25, -0.2) is 0 Å². The van der Waals surface area contributed by atoms with Gasteiger partial charge in [0.05, 0.1) is 5.92 Å². The first-order valence-electron chi connectivity index (χ1n) is 5.23. The number of carboxylic acids is 1. The number of carboxylic acid groups (broad SMARTS) is 1.